The van der Waals surface area contributed by atoms with Crippen molar-refractivity contribution >= 4 is 7.82 Å². The zero-order valence-corrected chi connectivity index (χ0v) is 9.40. The molecule has 1 saturated heterocycles. The van der Waals surface area contributed by atoms with E-state index in [-0.39, 0.29) is 0 Å². The summed E-state index contributed by atoms with van der Waals surface area (Å²) < 4.78 is 19.6. The summed E-state index contributed by atoms with van der Waals surface area (Å²) >= 11 is 0. The lowest BCUT2D eigenvalue weighted by atomic mass is 9.96. The molecule has 1 aliphatic heterocycles. The van der Waals surface area contributed by atoms with Gasteiger partial charge >= 0.3 is 7.82 Å². The summed E-state index contributed by atoms with van der Waals surface area (Å²) in [5, 5.41) is 28.2. The molecular weight excluding hydrogens is 243 g/mol. The molecule has 2 unspecified atom stereocenters. The Kier molecular flexibility index (Phi) is 4.44. The van der Waals surface area contributed by atoms with Crippen molar-refractivity contribution in [3.05, 3.63) is 0 Å². The fourth-order valence-corrected chi connectivity index (χ4v) is 1.79. The fraction of sp³-hybridized carbons (Fsp3) is 1.00. The minimum Gasteiger partial charge on any atom is -0.388 e. The van der Waals surface area contributed by atoms with Gasteiger partial charge in [-0.05, 0) is 6.92 Å². The second kappa shape index (κ2) is 5.07. The van der Waals surface area contributed by atoms with Gasteiger partial charge < -0.3 is 29.8 Å². The van der Waals surface area contributed by atoms with Gasteiger partial charge in [-0.25, -0.2) is 4.57 Å². The zero-order chi connectivity index (χ0) is 12.5. The lowest BCUT2D eigenvalue weighted by Gasteiger charge is -2.39. The Balaban J connectivity index is 2.57. The van der Waals surface area contributed by atoms with E-state index in [9.17, 15) is 19.9 Å². The van der Waals surface area contributed by atoms with Crippen LogP contribution in [-0.2, 0) is 13.8 Å². The molecule has 0 aromatic rings. The lowest BCUT2D eigenvalue weighted by Crippen LogP contribution is -2.57. The number of rotatable bonds is 3. The lowest BCUT2D eigenvalue weighted by molar-refractivity contribution is -0.223. The van der Waals surface area contributed by atoms with Crippen molar-refractivity contribution in [3.63, 3.8) is 0 Å². The second-order valence-corrected chi connectivity index (χ2v) is 4.88. The predicted molar refractivity (Wildman–Crippen MR) is 50.4 cm³/mol. The zero-order valence-electron chi connectivity index (χ0n) is 8.50. The van der Waals surface area contributed by atoms with E-state index in [4.69, 9.17) is 14.5 Å². The highest BCUT2D eigenvalue weighted by Crippen LogP contribution is 2.36. The van der Waals surface area contributed by atoms with E-state index in [1.807, 2.05) is 0 Å². The van der Waals surface area contributed by atoms with Gasteiger partial charge in [-0.1, -0.05) is 0 Å². The monoisotopic (exact) mass is 258 g/mol. The van der Waals surface area contributed by atoms with Crippen LogP contribution in [0.4, 0.5) is 0 Å². The predicted octanol–water partition coefficient (Wildman–Crippen LogP) is -2.03. The molecule has 0 aromatic carbocycles. The molecule has 1 heterocycles. The Labute approximate surface area is 91.7 Å². The van der Waals surface area contributed by atoms with Gasteiger partial charge in [0.25, 0.3) is 0 Å². The van der Waals surface area contributed by atoms with Gasteiger partial charge in [0.2, 0.25) is 0 Å². The van der Waals surface area contributed by atoms with Crippen molar-refractivity contribution in [2.24, 2.45) is 0 Å². The van der Waals surface area contributed by atoms with E-state index in [1.54, 1.807) is 0 Å². The molecule has 0 saturated carbocycles. The topological polar surface area (TPSA) is 137 Å². The number of phosphoric acid groups is 1. The number of hydrogen-bond acceptors (Lipinski definition) is 6. The number of aliphatic hydroxyl groups is 3. The van der Waals surface area contributed by atoms with E-state index in [0.29, 0.717) is 0 Å². The third-order valence-corrected chi connectivity index (χ3v) is 2.84. The first kappa shape index (κ1) is 14.0. The standard InChI is InChI=1S/C7H15O8P/c1-3-5(8)7(10)6(9)4(15-3)2-14-16(11,12)13/h3-10H,2H2,1H3,(H2,11,12,13)/t3-,4?,5?,6-,7+/m0/s1. The molecule has 5 atom stereocenters. The van der Waals surface area contributed by atoms with Crippen molar-refractivity contribution in [1.82, 2.24) is 0 Å². The third-order valence-electron chi connectivity index (χ3n) is 2.36. The quantitative estimate of drug-likeness (QED) is 0.365. The van der Waals surface area contributed by atoms with Gasteiger partial charge in [-0.15, -0.1) is 0 Å². The molecule has 0 amide bonds. The van der Waals surface area contributed by atoms with E-state index in [2.05, 4.69) is 4.52 Å². The minimum atomic E-state index is -4.65. The van der Waals surface area contributed by atoms with E-state index in [1.165, 1.54) is 6.92 Å². The first-order valence-electron chi connectivity index (χ1n) is 4.62. The van der Waals surface area contributed by atoms with Crippen LogP contribution < -0.4 is 0 Å². The van der Waals surface area contributed by atoms with Crippen LogP contribution in [0.5, 0.6) is 0 Å². The van der Waals surface area contributed by atoms with Crippen LogP contribution in [0, 0.1) is 0 Å². The Hall–Kier alpha value is -0.0500. The molecule has 1 fully saturated rings. The summed E-state index contributed by atoms with van der Waals surface area (Å²) in [7, 11) is -4.65. The maximum atomic E-state index is 10.4. The highest BCUT2D eigenvalue weighted by atomic mass is 31.2. The van der Waals surface area contributed by atoms with Crippen molar-refractivity contribution in [2.75, 3.05) is 6.61 Å². The fourth-order valence-electron chi connectivity index (χ4n) is 1.44. The molecule has 8 nitrogen and oxygen atoms in total. The summed E-state index contributed by atoms with van der Waals surface area (Å²) in [5.74, 6) is 0. The van der Waals surface area contributed by atoms with E-state index >= 15 is 0 Å². The molecule has 1 rings (SSSR count). The largest absolute Gasteiger partial charge is 0.469 e. The molecule has 96 valence electrons. The Bertz CT molecular complexity index is 278. The molecule has 5 N–H and O–H groups in total. The normalized spacial score (nSPS) is 41.0. The summed E-state index contributed by atoms with van der Waals surface area (Å²) in [6.07, 6.45) is -6.00. The highest BCUT2D eigenvalue weighted by Gasteiger charge is 2.42. The van der Waals surface area contributed by atoms with E-state index in [0.717, 1.165) is 0 Å². The molecular formula is C7H15O8P. The number of phosphoric ester groups is 1. The summed E-state index contributed by atoms with van der Waals surface area (Å²) in [4.78, 5) is 16.9. The Morgan fingerprint density at radius 2 is 1.75 bits per heavy atom. The van der Waals surface area contributed by atoms with Gasteiger partial charge in [0.05, 0.1) is 12.7 Å². The second-order valence-electron chi connectivity index (χ2n) is 3.64. The SMILES string of the molecule is C[C@@H]1OC(COP(=O)(O)O)[C@H](O)[C@H](O)C1O. The van der Waals surface area contributed by atoms with Gasteiger partial charge in [-0.3, -0.25) is 4.52 Å². The van der Waals surface area contributed by atoms with Crippen LogP contribution in [0.3, 0.4) is 0 Å². The molecule has 1 aliphatic rings. The molecule has 9 heteroatoms. The van der Waals surface area contributed by atoms with Gasteiger partial charge in [0, 0.05) is 0 Å². The van der Waals surface area contributed by atoms with Crippen LogP contribution >= 0.6 is 7.82 Å². The number of aliphatic hydroxyl groups excluding tert-OH is 3. The van der Waals surface area contributed by atoms with Crippen molar-refractivity contribution in [1.29, 1.82) is 0 Å². The first-order chi connectivity index (χ1) is 7.22. The summed E-state index contributed by atoms with van der Waals surface area (Å²) in [6, 6.07) is 0. The van der Waals surface area contributed by atoms with Gasteiger partial charge in [0.15, 0.2) is 0 Å². The molecule has 16 heavy (non-hydrogen) atoms. The van der Waals surface area contributed by atoms with Crippen LogP contribution in [0.1, 0.15) is 6.92 Å². The summed E-state index contributed by atoms with van der Waals surface area (Å²) in [5.41, 5.74) is 0. The van der Waals surface area contributed by atoms with E-state index < -0.39 is 44.9 Å². The molecule has 0 aliphatic carbocycles. The maximum Gasteiger partial charge on any atom is 0.469 e. The van der Waals surface area contributed by atoms with Crippen LogP contribution in [-0.4, -0.2) is 62.2 Å². The number of hydrogen-bond donors (Lipinski definition) is 5. The first-order valence-corrected chi connectivity index (χ1v) is 6.15. The van der Waals surface area contributed by atoms with Gasteiger partial charge in [0.1, 0.15) is 24.4 Å². The minimum absolute atomic E-state index is 0.570. The third kappa shape index (κ3) is 3.47. The molecule has 0 spiro atoms. The van der Waals surface area contributed by atoms with Crippen LogP contribution in [0.25, 0.3) is 0 Å². The number of ether oxygens (including phenoxy) is 1. The average molecular weight is 258 g/mol. The van der Waals surface area contributed by atoms with Crippen LogP contribution in [0.2, 0.25) is 0 Å². The molecule has 0 aromatic heterocycles. The Morgan fingerprint density at radius 1 is 1.19 bits per heavy atom. The average Bonchev–Trinajstić information content (AvgIpc) is 2.17. The summed E-state index contributed by atoms with van der Waals surface area (Å²) in [6.45, 7) is 0.893. The van der Waals surface area contributed by atoms with Crippen molar-refractivity contribution in [2.45, 2.75) is 37.4 Å². The van der Waals surface area contributed by atoms with Crippen LogP contribution in [0.15, 0.2) is 0 Å². The smallest absolute Gasteiger partial charge is 0.388 e. The highest BCUT2D eigenvalue weighted by molar-refractivity contribution is 7.46. The van der Waals surface area contributed by atoms with Crippen molar-refractivity contribution in [3.8, 4) is 0 Å². The van der Waals surface area contributed by atoms with Crippen molar-refractivity contribution < 1.29 is 38.9 Å². The maximum absolute atomic E-state index is 10.4. The Morgan fingerprint density at radius 3 is 2.25 bits per heavy atom. The molecule has 0 radical (unpaired) electrons. The van der Waals surface area contributed by atoms with Gasteiger partial charge in [-0.2, -0.15) is 0 Å². The molecule has 0 bridgehead atoms.